The topological polar surface area (TPSA) is 88.9 Å². The van der Waals surface area contributed by atoms with Crippen LogP contribution in [0.15, 0.2) is 29.2 Å². The van der Waals surface area contributed by atoms with E-state index in [1.165, 1.54) is 26.2 Å². The lowest BCUT2D eigenvalue weighted by atomic mass is 10.1. The molecule has 8 nitrogen and oxygen atoms in total. The normalized spacial score (nSPS) is 14.3. The lowest BCUT2D eigenvalue weighted by molar-refractivity contribution is 0.0475. The Hall–Kier alpha value is -2.65. The van der Waals surface area contributed by atoms with Gasteiger partial charge in [-0.25, -0.2) is 17.5 Å². The first-order valence-corrected chi connectivity index (χ1v) is 11.6. The summed E-state index contributed by atoms with van der Waals surface area (Å²) in [5, 5.41) is 0. The molecule has 2 aromatic rings. The zero-order valence-corrected chi connectivity index (χ0v) is 19.5. The molecule has 1 aliphatic rings. The number of carbonyl (C=O) groups is 2. The number of hydrogen-bond acceptors (Lipinski definition) is 6. The Morgan fingerprint density at radius 1 is 1.06 bits per heavy atom. The van der Waals surface area contributed by atoms with E-state index < -0.39 is 22.6 Å². The monoisotopic (exact) mass is 447 g/mol. The summed E-state index contributed by atoms with van der Waals surface area (Å²) in [6.45, 7) is 4.88. The smallest absolute Gasteiger partial charge is 0.340 e. The Kier molecular flexibility index (Phi) is 6.56. The highest BCUT2D eigenvalue weighted by Crippen LogP contribution is 2.29. The standard InChI is InChI=1S/C22H29N3O5S/c1-15-12-18(16(2)24(15)5)21(26)14-30-22(27)19-13-17(31(28,29)23(3)4)8-9-20(19)25-10-6-7-11-25/h8-9,12-13H,6-7,10-11,14H2,1-5H3. The minimum absolute atomic E-state index is 0.00764. The molecular formula is C22H29N3O5S. The van der Waals surface area contributed by atoms with Crippen LogP contribution in [0.1, 0.15) is 44.9 Å². The molecule has 168 valence electrons. The van der Waals surface area contributed by atoms with Crippen molar-refractivity contribution in [3.8, 4) is 0 Å². The summed E-state index contributed by atoms with van der Waals surface area (Å²) in [5.74, 6) is -1.01. The van der Waals surface area contributed by atoms with E-state index in [9.17, 15) is 18.0 Å². The van der Waals surface area contributed by atoms with Gasteiger partial charge >= 0.3 is 5.97 Å². The SMILES string of the molecule is Cc1cc(C(=O)COC(=O)c2cc(S(=O)(=O)N(C)C)ccc2N2CCCC2)c(C)n1C. The van der Waals surface area contributed by atoms with Crippen molar-refractivity contribution in [3.05, 3.63) is 46.8 Å². The fourth-order valence-corrected chi connectivity index (χ4v) is 4.64. The van der Waals surface area contributed by atoms with Crippen LogP contribution in [0.25, 0.3) is 0 Å². The fraction of sp³-hybridized carbons (Fsp3) is 0.455. The third-order valence-corrected chi connectivity index (χ3v) is 7.63. The molecule has 2 heterocycles. The number of rotatable bonds is 7. The summed E-state index contributed by atoms with van der Waals surface area (Å²) in [6.07, 6.45) is 1.99. The zero-order chi connectivity index (χ0) is 22.9. The molecular weight excluding hydrogens is 418 g/mol. The van der Waals surface area contributed by atoms with E-state index in [4.69, 9.17) is 4.74 Å². The molecule has 0 radical (unpaired) electrons. The molecule has 0 N–H and O–H groups in total. The van der Waals surface area contributed by atoms with Gasteiger partial charge in [0, 0.05) is 51.2 Å². The third-order valence-electron chi connectivity index (χ3n) is 5.82. The molecule has 0 saturated carbocycles. The minimum atomic E-state index is -3.72. The van der Waals surface area contributed by atoms with Gasteiger partial charge in [0.2, 0.25) is 15.8 Å². The number of hydrogen-bond donors (Lipinski definition) is 0. The van der Waals surface area contributed by atoms with Crippen molar-refractivity contribution in [2.75, 3.05) is 38.7 Å². The van der Waals surface area contributed by atoms with Crippen LogP contribution in [0.3, 0.4) is 0 Å². The second-order valence-corrected chi connectivity index (χ2v) is 10.2. The van der Waals surface area contributed by atoms with Gasteiger partial charge in [0.05, 0.1) is 16.1 Å². The molecule has 1 saturated heterocycles. The molecule has 1 aromatic heterocycles. The van der Waals surface area contributed by atoms with E-state index in [-0.39, 0.29) is 16.2 Å². The average Bonchev–Trinajstić information content (AvgIpc) is 3.36. The van der Waals surface area contributed by atoms with Gasteiger partial charge in [0.25, 0.3) is 0 Å². The first-order valence-electron chi connectivity index (χ1n) is 10.2. The number of nitrogens with zero attached hydrogens (tertiary/aromatic N) is 3. The number of sulfonamides is 1. The molecule has 0 unspecified atom stereocenters. The van der Waals surface area contributed by atoms with Gasteiger partial charge in [-0.3, -0.25) is 4.79 Å². The molecule has 0 bridgehead atoms. The second kappa shape index (κ2) is 8.84. The van der Waals surface area contributed by atoms with Crippen LogP contribution in [0, 0.1) is 13.8 Å². The molecule has 0 atom stereocenters. The lowest BCUT2D eigenvalue weighted by Gasteiger charge is -2.22. The van der Waals surface area contributed by atoms with E-state index in [1.807, 2.05) is 30.4 Å². The third kappa shape index (κ3) is 4.52. The second-order valence-electron chi connectivity index (χ2n) is 8.00. The summed E-state index contributed by atoms with van der Waals surface area (Å²) in [6, 6.07) is 6.25. The number of aromatic nitrogens is 1. The molecule has 3 rings (SSSR count). The molecule has 31 heavy (non-hydrogen) atoms. The first-order chi connectivity index (χ1) is 14.5. The molecule has 1 aliphatic heterocycles. The predicted molar refractivity (Wildman–Crippen MR) is 118 cm³/mol. The van der Waals surface area contributed by atoms with E-state index in [1.54, 1.807) is 12.1 Å². The van der Waals surface area contributed by atoms with E-state index in [2.05, 4.69) is 0 Å². The maximum atomic E-state index is 12.9. The number of carbonyl (C=O) groups excluding carboxylic acids is 2. The van der Waals surface area contributed by atoms with Crippen LogP contribution in [0.2, 0.25) is 0 Å². The minimum Gasteiger partial charge on any atom is -0.454 e. The summed E-state index contributed by atoms with van der Waals surface area (Å²) < 4.78 is 33.5. The van der Waals surface area contributed by atoms with Crippen LogP contribution in [0.4, 0.5) is 5.69 Å². The zero-order valence-electron chi connectivity index (χ0n) is 18.6. The van der Waals surface area contributed by atoms with Crippen molar-refractivity contribution in [3.63, 3.8) is 0 Å². The Morgan fingerprint density at radius 2 is 1.71 bits per heavy atom. The molecule has 0 spiro atoms. The summed E-state index contributed by atoms with van der Waals surface area (Å²) in [7, 11) is 1.02. The Balaban J connectivity index is 1.88. The highest BCUT2D eigenvalue weighted by atomic mass is 32.2. The highest BCUT2D eigenvalue weighted by molar-refractivity contribution is 7.89. The average molecular weight is 448 g/mol. The van der Waals surface area contributed by atoms with Gasteiger partial charge in [-0.15, -0.1) is 0 Å². The largest absolute Gasteiger partial charge is 0.454 e. The van der Waals surface area contributed by atoms with Crippen LogP contribution >= 0.6 is 0 Å². The van der Waals surface area contributed by atoms with Gasteiger partial charge in [-0.05, 0) is 51.0 Å². The van der Waals surface area contributed by atoms with Crippen molar-refractivity contribution in [2.24, 2.45) is 7.05 Å². The highest BCUT2D eigenvalue weighted by Gasteiger charge is 2.26. The number of esters is 1. The number of aryl methyl sites for hydroxylation is 1. The van der Waals surface area contributed by atoms with Crippen LogP contribution in [-0.2, 0) is 21.8 Å². The Labute approximate surface area is 183 Å². The number of benzene rings is 1. The van der Waals surface area contributed by atoms with Gasteiger partial charge in [-0.1, -0.05) is 0 Å². The Bertz CT molecular complexity index is 1110. The summed E-state index contributed by atoms with van der Waals surface area (Å²) >= 11 is 0. The molecule has 1 fully saturated rings. The number of ketones is 1. The first kappa shape index (κ1) is 23.0. The molecule has 0 aliphatic carbocycles. The molecule has 1 aromatic carbocycles. The Morgan fingerprint density at radius 3 is 2.26 bits per heavy atom. The van der Waals surface area contributed by atoms with Crippen molar-refractivity contribution in [2.45, 2.75) is 31.6 Å². The number of anilines is 1. The summed E-state index contributed by atoms with van der Waals surface area (Å²) in [4.78, 5) is 27.6. The van der Waals surface area contributed by atoms with Gasteiger partial charge in [0.15, 0.2) is 6.61 Å². The number of Topliss-reactive ketones (excluding diaryl/α,β-unsaturated/α-hetero) is 1. The summed E-state index contributed by atoms with van der Waals surface area (Å²) in [5.41, 5.74) is 3.02. The van der Waals surface area contributed by atoms with E-state index >= 15 is 0 Å². The quantitative estimate of drug-likeness (QED) is 0.479. The van der Waals surface area contributed by atoms with Crippen molar-refractivity contribution >= 4 is 27.5 Å². The van der Waals surface area contributed by atoms with Crippen molar-refractivity contribution in [1.29, 1.82) is 0 Å². The fourth-order valence-electron chi connectivity index (χ4n) is 3.71. The van der Waals surface area contributed by atoms with Gasteiger partial charge in [-0.2, -0.15) is 0 Å². The van der Waals surface area contributed by atoms with Gasteiger partial charge in [0.1, 0.15) is 0 Å². The van der Waals surface area contributed by atoms with Crippen LogP contribution in [-0.4, -0.2) is 62.8 Å². The molecule has 0 amide bonds. The van der Waals surface area contributed by atoms with Crippen molar-refractivity contribution in [1.82, 2.24) is 8.87 Å². The maximum absolute atomic E-state index is 12.9. The van der Waals surface area contributed by atoms with Crippen LogP contribution < -0.4 is 4.90 Å². The van der Waals surface area contributed by atoms with Gasteiger partial charge < -0.3 is 14.2 Å². The number of ether oxygens (including phenoxy) is 1. The molecule has 9 heteroatoms. The lowest BCUT2D eigenvalue weighted by Crippen LogP contribution is -2.25. The van der Waals surface area contributed by atoms with Crippen LogP contribution in [0.5, 0.6) is 0 Å². The van der Waals surface area contributed by atoms with E-state index in [0.717, 1.165) is 41.6 Å². The predicted octanol–water partition coefficient (Wildman–Crippen LogP) is 2.53. The van der Waals surface area contributed by atoms with E-state index in [0.29, 0.717) is 11.3 Å². The maximum Gasteiger partial charge on any atom is 0.340 e. The van der Waals surface area contributed by atoms with Crippen molar-refractivity contribution < 1.29 is 22.7 Å².